The Kier molecular flexibility index (Phi) is 19.6. The summed E-state index contributed by atoms with van der Waals surface area (Å²) in [5.74, 6) is -5.31. The van der Waals surface area contributed by atoms with Gasteiger partial charge in [0.1, 0.15) is 12.1 Å². The second-order valence-corrected chi connectivity index (χ2v) is 13.8. The van der Waals surface area contributed by atoms with Crippen molar-refractivity contribution >= 4 is 35.4 Å². The van der Waals surface area contributed by atoms with Crippen LogP contribution in [0, 0.1) is 23.7 Å². The number of aliphatic hydroxyl groups is 3. The lowest BCUT2D eigenvalue weighted by molar-refractivity contribution is -0.140. The molecule has 0 saturated carbocycles. The van der Waals surface area contributed by atoms with Crippen LogP contribution in [0.1, 0.15) is 94.4 Å². The van der Waals surface area contributed by atoms with E-state index in [4.69, 9.17) is 10.8 Å². The predicted octanol–water partition coefficient (Wildman–Crippen LogP) is -0.416. The minimum absolute atomic E-state index is 0.0107. The van der Waals surface area contributed by atoms with Crippen molar-refractivity contribution in [3.05, 3.63) is 0 Å². The van der Waals surface area contributed by atoms with Gasteiger partial charge in [-0.15, -0.1) is 0 Å². The largest absolute Gasteiger partial charge is 0.481 e. The van der Waals surface area contributed by atoms with Crippen LogP contribution in [0.4, 0.5) is 0 Å². The van der Waals surface area contributed by atoms with Crippen LogP contribution in [0.15, 0.2) is 0 Å². The number of ketones is 1. The highest BCUT2D eigenvalue weighted by molar-refractivity contribution is 5.91. The van der Waals surface area contributed by atoms with Crippen LogP contribution in [0.25, 0.3) is 0 Å². The minimum Gasteiger partial charge on any atom is -0.481 e. The third-order valence-corrected chi connectivity index (χ3v) is 7.74. The molecule has 0 saturated heterocycles. The molecule has 0 heterocycles. The number of nitrogens with two attached hydrogens (primary N) is 1. The van der Waals surface area contributed by atoms with Crippen LogP contribution in [-0.2, 0) is 28.8 Å². The molecule has 0 aromatic rings. The Balaban J connectivity index is 5.62. The van der Waals surface area contributed by atoms with E-state index in [9.17, 15) is 44.1 Å². The fraction of sp³-hybridized carbons (Fsp3) is 0.812. The topological polar surface area (TPSA) is 257 Å². The van der Waals surface area contributed by atoms with Gasteiger partial charge in [0.15, 0.2) is 5.78 Å². The summed E-state index contributed by atoms with van der Waals surface area (Å²) in [4.78, 5) is 74.5. The lowest BCUT2D eigenvalue weighted by Crippen LogP contribution is -2.56. The number of hydrogen-bond donors (Lipinski definition) is 9. The fourth-order valence-electron chi connectivity index (χ4n) is 5.20. The van der Waals surface area contributed by atoms with E-state index < -0.39 is 96.9 Å². The van der Waals surface area contributed by atoms with Crippen molar-refractivity contribution in [2.75, 3.05) is 0 Å². The summed E-state index contributed by atoms with van der Waals surface area (Å²) >= 11 is 0. The number of carboxylic acid groups (broad SMARTS) is 1. The summed E-state index contributed by atoms with van der Waals surface area (Å²) in [6.07, 6.45) is -4.50. The van der Waals surface area contributed by atoms with Crippen molar-refractivity contribution in [1.29, 1.82) is 0 Å². The number of rotatable bonds is 23. The van der Waals surface area contributed by atoms with Gasteiger partial charge in [0.2, 0.25) is 23.6 Å². The van der Waals surface area contributed by atoms with E-state index >= 15 is 0 Å². The van der Waals surface area contributed by atoms with E-state index in [2.05, 4.69) is 21.3 Å². The number of aliphatic carboxylic acids is 1. The number of amides is 4. The maximum Gasteiger partial charge on any atom is 0.306 e. The number of aliphatic hydroxyl groups excluding tert-OH is 3. The molecule has 9 atom stereocenters. The quantitative estimate of drug-likeness (QED) is 0.0673. The second-order valence-electron chi connectivity index (χ2n) is 13.8. The van der Waals surface area contributed by atoms with Crippen LogP contribution >= 0.6 is 0 Å². The van der Waals surface area contributed by atoms with Gasteiger partial charge in [-0.3, -0.25) is 28.8 Å². The molecule has 10 N–H and O–H groups in total. The molecule has 3 unspecified atom stereocenters. The standard InChI is InChI=1S/C32H59N5O10/c1-15(2)10-21(35-29(30(33)45)18(7)12-25(41)28(17(5)6)37-32(47)20(9)38)23(39)13-26(42)34-19(8)31(46)36-22(11-16(3)4)24(40)14-27(43)44/h15-24,28-29,35,38-40H,10-14H2,1-9H3,(H2,33,45)(H,34,42)(H,36,46)(H,37,47)(H,43,44)/t18?,19?,20-,21-,22?,23-,24-,28-,29-/m0/s1. The van der Waals surface area contributed by atoms with Crippen LogP contribution in [0.5, 0.6) is 0 Å². The molecular weight excluding hydrogens is 614 g/mol. The molecule has 0 aliphatic heterocycles. The number of primary amides is 1. The summed E-state index contributed by atoms with van der Waals surface area (Å²) in [7, 11) is 0. The lowest BCUT2D eigenvalue weighted by Gasteiger charge is -2.32. The van der Waals surface area contributed by atoms with Crippen LogP contribution in [-0.4, -0.2) is 104 Å². The van der Waals surface area contributed by atoms with Gasteiger partial charge in [-0.1, -0.05) is 48.5 Å². The van der Waals surface area contributed by atoms with Gasteiger partial charge in [0.05, 0.1) is 43.2 Å². The third kappa shape index (κ3) is 17.0. The molecule has 4 amide bonds. The molecule has 0 aliphatic carbocycles. The summed E-state index contributed by atoms with van der Waals surface area (Å²) in [6, 6.07) is -4.73. The first kappa shape index (κ1) is 43.9. The highest BCUT2D eigenvalue weighted by Gasteiger charge is 2.34. The third-order valence-electron chi connectivity index (χ3n) is 7.74. The first-order valence-electron chi connectivity index (χ1n) is 16.3. The number of carboxylic acids is 1. The van der Waals surface area contributed by atoms with E-state index in [0.29, 0.717) is 12.8 Å². The molecule has 0 aliphatic rings. The Morgan fingerprint density at radius 1 is 0.638 bits per heavy atom. The maximum atomic E-state index is 13.1. The zero-order valence-corrected chi connectivity index (χ0v) is 29.3. The van der Waals surface area contributed by atoms with Gasteiger partial charge >= 0.3 is 5.97 Å². The van der Waals surface area contributed by atoms with E-state index in [1.807, 2.05) is 27.7 Å². The molecule has 0 radical (unpaired) electrons. The Morgan fingerprint density at radius 3 is 1.60 bits per heavy atom. The monoisotopic (exact) mass is 673 g/mol. The second kappa shape index (κ2) is 21.0. The van der Waals surface area contributed by atoms with Gasteiger partial charge in [0, 0.05) is 12.5 Å². The summed E-state index contributed by atoms with van der Waals surface area (Å²) in [5.41, 5.74) is 5.70. The van der Waals surface area contributed by atoms with Crippen LogP contribution in [0.3, 0.4) is 0 Å². The number of hydrogen-bond acceptors (Lipinski definition) is 10. The number of nitrogens with one attached hydrogen (secondary N) is 4. The highest BCUT2D eigenvalue weighted by Crippen LogP contribution is 2.19. The zero-order valence-electron chi connectivity index (χ0n) is 29.3. The van der Waals surface area contributed by atoms with E-state index in [1.165, 1.54) is 13.8 Å². The summed E-state index contributed by atoms with van der Waals surface area (Å²) in [5, 5.41) is 50.6. The first-order chi connectivity index (χ1) is 21.6. The Labute approximate surface area is 278 Å². The van der Waals surface area contributed by atoms with Crippen molar-refractivity contribution in [2.24, 2.45) is 29.4 Å². The zero-order chi connectivity index (χ0) is 36.8. The van der Waals surface area contributed by atoms with Gasteiger partial charge in [-0.2, -0.15) is 0 Å². The molecular formula is C32H59N5O10. The molecule has 0 aromatic carbocycles. The van der Waals surface area contributed by atoms with Gasteiger partial charge in [0.25, 0.3) is 0 Å². The van der Waals surface area contributed by atoms with E-state index in [1.54, 1.807) is 20.8 Å². The summed E-state index contributed by atoms with van der Waals surface area (Å²) < 4.78 is 0. The summed E-state index contributed by atoms with van der Waals surface area (Å²) in [6.45, 7) is 15.2. The van der Waals surface area contributed by atoms with Gasteiger partial charge < -0.3 is 47.4 Å². The SMILES string of the molecule is CC(C)CC(NC(=O)C(C)NC(=O)C[C@H](O)[C@H](CC(C)C)N[C@H](C(N)=O)C(C)CC(=O)[C@@H](NC(=O)[C@H](C)O)C(C)C)[C@@H](O)CC(=O)O. The van der Waals surface area contributed by atoms with Gasteiger partial charge in [-0.05, 0) is 50.4 Å². The lowest BCUT2D eigenvalue weighted by atomic mass is 9.87. The average Bonchev–Trinajstić information content (AvgIpc) is 2.91. The van der Waals surface area contributed by atoms with E-state index in [-0.39, 0.29) is 30.0 Å². The van der Waals surface area contributed by atoms with Crippen molar-refractivity contribution < 1.29 is 49.2 Å². The van der Waals surface area contributed by atoms with Crippen LogP contribution < -0.4 is 27.0 Å². The highest BCUT2D eigenvalue weighted by atomic mass is 16.4. The normalized spacial score (nSPS) is 17.5. The molecule has 15 heteroatoms. The van der Waals surface area contributed by atoms with Crippen molar-refractivity contribution in [3.8, 4) is 0 Å². The van der Waals surface area contributed by atoms with Gasteiger partial charge in [-0.25, -0.2) is 0 Å². The molecule has 272 valence electrons. The Bertz CT molecular complexity index is 1050. The molecule has 0 rings (SSSR count). The smallest absolute Gasteiger partial charge is 0.306 e. The molecule has 15 nitrogen and oxygen atoms in total. The first-order valence-corrected chi connectivity index (χ1v) is 16.3. The van der Waals surface area contributed by atoms with Crippen LogP contribution in [0.2, 0.25) is 0 Å². The number of Topliss-reactive ketones (excluding diaryl/α,β-unsaturated/α-hetero) is 1. The number of carbonyl (C=O) groups excluding carboxylic acids is 5. The molecule has 0 aromatic heterocycles. The molecule has 0 bridgehead atoms. The van der Waals surface area contributed by atoms with Crippen molar-refractivity contribution in [3.63, 3.8) is 0 Å². The fourth-order valence-corrected chi connectivity index (χ4v) is 5.20. The Morgan fingerprint density at radius 2 is 1.15 bits per heavy atom. The van der Waals surface area contributed by atoms with Crippen molar-refractivity contribution in [1.82, 2.24) is 21.3 Å². The van der Waals surface area contributed by atoms with Crippen molar-refractivity contribution in [2.45, 2.75) is 143 Å². The minimum atomic E-state index is -1.33. The predicted molar refractivity (Wildman–Crippen MR) is 174 cm³/mol. The van der Waals surface area contributed by atoms with E-state index in [0.717, 1.165) is 0 Å². The maximum absolute atomic E-state index is 13.1. The molecule has 0 fully saturated rings. The Hall–Kier alpha value is -3.14. The molecule has 0 spiro atoms. The number of carbonyl (C=O) groups is 6. The molecule has 47 heavy (non-hydrogen) atoms. The average molecular weight is 674 g/mol.